The summed E-state index contributed by atoms with van der Waals surface area (Å²) in [6.07, 6.45) is 0.824. The molecule has 1 aliphatic rings. The Morgan fingerprint density at radius 1 is 1.10 bits per heavy atom. The monoisotopic (exact) mass is 425 g/mol. The fraction of sp³-hybridized carbons (Fsp3) is 0.417. The Bertz CT molecular complexity index is 943. The van der Waals surface area contributed by atoms with Crippen molar-refractivity contribution in [3.8, 4) is 11.5 Å². The molecule has 2 aromatic rings. The number of methoxy groups -OCH3 is 2. The number of amides is 2. The van der Waals surface area contributed by atoms with Crippen LogP contribution in [-0.2, 0) is 22.6 Å². The van der Waals surface area contributed by atoms with Crippen molar-refractivity contribution in [3.63, 3.8) is 0 Å². The van der Waals surface area contributed by atoms with Crippen molar-refractivity contribution in [2.45, 2.75) is 32.9 Å². The number of hydrogen-bond acceptors (Lipinski definition) is 5. The number of carbonyl (C=O) groups is 2. The van der Waals surface area contributed by atoms with E-state index in [1.807, 2.05) is 50.2 Å². The van der Waals surface area contributed by atoms with Crippen LogP contribution in [0, 0.1) is 6.92 Å². The van der Waals surface area contributed by atoms with Crippen LogP contribution in [0.15, 0.2) is 36.4 Å². The molecule has 1 aliphatic heterocycles. The van der Waals surface area contributed by atoms with Gasteiger partial charge in [-0.25, -0.2) is 0 Å². The number of hydrogen-bond donors (Lipinski definition) is 1. The van der Waals surface area contributed by atoms with Gasteiger partial charge in [-0.15, -0.1) is 0 Å². The predicted molar refractivity (Wildman–Crippen MR) is 121 cm³/mol. The van der Waals surface area contributed by atoms with Crippen LogP contribution >= 0.6 is 0 Å². The van der Waals surface area contributed by atoms with Crippen molar-refractivity contribution < 1.29 is 19.1 Å². The minimum Gasteiger partial charge on any atom is -0.493 e. The van der Waals surface area contributed by atoms with Crippen LogP contribution in [-0.4, -0.2) is 62.0 Å². The van der Waals surface area contributed by atoms with E-state index in [1.54, 1.807) is 21.3 Å². The van der Waals surface area contributed by atoms with Gasteiger partial charge in [-0.2, -0.15) is 0 Å². The quantitative estimate of drug-likeness (QED) is 0.739. The van der Waals surface area contributed by atoms with Crippen molar-refractivity contribution in [1.82, 2.24) is 9.80 Å². The SMILES string of the molecule is COc1cc2c(cc1OC)CN([C@H](C)C(=O)N(C)CC(=O)Nc1ccc(C)cc1)CC2. The molecule has 1 atom stereocenters. The van der Waals surface area contributed by atoms with Gasteiger partial charge >= 0.3 is 0 Å². The molecule has 166 valence electrons. The highest BCUT2D eigenvalue weighted by atomic mass is 16.5. The lowest BCUT2D eigenvalue weighted by molar-refractivity contribution is -0.138. The molecule has 7 heteroatoms. The standard InChI is InChI=1S/C24H31N3O4/c1-16-6-8-20(9-7-16)25-23(28)15-26(3)24(29)17(2)27-11-10-18-12-21(30-4)22(31-5)13-19(18)14-27/h6-9,12-13,17H,10-11,14-15H2,1-5H3,(H,25,28)/t17-/m1/s1. The van der Waals surface area contributed by atoms with E-state index in [2.05, 4.69) is 10.2 Å². The molecule has 31 heavy (non-hydrogen) atoms. The summed E-state index contributed by atoms with van der Waals surface area (Å²) in [6.45, 7) is 5.30. The number of rotatable bonds is 7. The molecular weight excluding hydrogens is 394 g/mol. The van der Waals surface area contributed by atoms with Gasteiger partial charge in [-0.1, -0.05) is 17.7 Å². The van der Waals surface area contributed by atoms with Gasteiger partial charge in [0.25, 0.3) is 0 Å². The minimum absolute atomic E-state index is 0.00645. The molecule has 3 rings (SSSR count). The van der Waals surface area contributed by atoms with Gasteiger partial charge in [0.1, 0.15) is 0 Å². The second kappa shape index (κ2) is 9.83. The number of nitrogens with zero attached hydrogens (tertiary/aromatic N) is 2. The summed E-state index contributed by atoms with van der Waals surface area (Å²) in [4.78, 5) is 28.9. The van der Waals surface area contributed by atoms with Crippen LogP contribution in [0.5, 0.6) is 11.5 Å². The van der Waals surface area contributed by atoms with Crippen molar-refractivity contribution in [2.24, 2.45) is 0 Å². The van der Waals surface area contributed by atoms with Crippen molar-refractivity contribution in [3.05, 3.63) is 53.1 Å². The topological polar surface area (TPSA) is 71.1 Å². The third-order valence-electron chi connectivity index (χ3n) is 5.75. The molecule has 0 radical (unpaired) electrons. The molecule has 1 N–H and O–H groups in total. The normalized spacial score (nSPS) is 14.4. The molecular formula is C24H31N3O4. The van der Waals surface area contributed by atoms with Crippen LogP contribution in [0.2, 0.25) is 0 Å². The summed E-state index contributed by atoms with van der Waals surface area (Å²) in [5.41, 5.74) is 4.18. The molecule has 0 aliphatic carbocycles. The zero-order valence-electron chi connectivity index (χ0n) is 18.9. The minimum atomic E-state index is -0.335. The molecule has 0 aromatic heterocycles. The summed E-state index contributed by atoms with van der Waals surface area (Å²) >= 11 is 0. The first-order valence-electron chi connectivity index (χ1n) is 10.4. The van der Waals surface area contributed by atoms with Gasteiger partial charge in [0.05, 0.1) is 26.8 Å². The summed E-state index contributed by atoms with van der Waals surface area (Å²) in [5, 5.41) is 2.84. The van der Waals surface area contributed by atoms with Crippen LogP contribution < -0.4 is 14.8 Å². The van der Waals surface area contributed by atoms with E-state index >= 15 is 0 Å². The highest BCUT2D eigenvalue weighted by Gasteiger charge is 2.29. The van der Waals surface area contributed by atoms with E-state index in [0.717, 1.165) is 35.5 Å². The Morgan fingerprint density at radius 3 is 2.32 bits per heavy atom. The lowest BCUT2D eigenvalue weighted by Gasteiger charge is -2.35. The number of carbonyl (C=O) groups excluding carboxylic acids is 2. The van der Waals surface area contributed by atoms with E-state index in [0.29, 0.717) is 12.3 Å². The van der Waals surface area contributed by atoms with Gasteiger partial charge in [-0.05, 0) is 55.7 Å². The van der Waals surface area contributed by atoms with Crippen LogP contribution in [0.4, 0.5) is 5.69 Å². The maximum atomic E-state index is 13.0. The zero-order valence-corrected chi connectivity index (χ0v) is 18.9. The number of nitrogens with one attached hydrogen (secondary N) is 1. The van der Waals surface area contributed by atoms with E-state index < -0.39 is 0 Å². The van der Waals surface area contributed by atoms with E-state index in [1.165, 1.54) is 10.5 Å². The number of likely N-dealkylation sites (N-methyl/N-ethyl adjacent to an activating group) is 1. The van der Waals surface area contributed by atoms with E-state index in [4.69, 9.17) is 9.47 Å². The van der Waals surface area contributed by atoms with Crippen molar-refractivity contribution in [2.75, 3.05) is 39.7 Å². The number of benzene rings is 2. The predicted octanol–water partition coefficient (Wildman–Crippen LogP) is 2.86. The summed E-state index contributed by atoms with van der Waals surface area (Å²) < 4.78 is 10.8. The third kappa shape index (κ3) is 5.35. The number of aryl methyl sites for hydroxylation is 1. The second-order valence-corrected chi connectivity index (χ2v) is 7.98. The number of ether oxygens (including phenoxy) is 2. The zero-order chi connectivity index (χ0) is 22.5. The lowest BCUT2D eigenvalue weighted by atomic mass is 9.97. The highest BCUT2D eigenvalue weighted by Crippen LogP contribution is 2.33. The number of fused-ring (bicyclic) bond motifs is 1. The van der Waals surface area contributed by atoms with Gasteiger partial charge < -0.3 is 19.7 Å². The lowest BCUT2D eigenvalue weighted by Crippen LogP contribution is -2.49. The highest BCUT2D eigenvalue weighted by molar-refractivity contribution is 5.95. The largest absolute Gasteiger partial charge is 0.493 e. The maximum Gasteiger partial charge on any atom is 0.243 e. The molecule has 0 saturated carbocycles. The molecule has 0 spiro atoms. The Labute approximate surface area is 183 Å². The van der Waals surface area contributed by atoms with Gasteiger partial charge in [0, 0.05) is 25.8 Å². The maximum absolute atomic E-state index is 13.0. The molecule has 2 aromatic carbocycles. The van der Waals surface area contributed by atoms with Gasteiger partial charge in [0.15, 0.2) is 11.5 Å². The Hall–Kier alpha value is -3.06. The molecule has 7 nitrogen and oxygen atoms in total. The Morgan fingerprint density at radius 2 is 1.71 bits per heavy atom. The average molecular weight is 426 g/mol. The molecule has 2 amide bonds. The number of anilines is 1. The average Bonchev–Trinajstić information content (AvgIpc) is 2.78. The van der Waals surface area contributed by atoms with Crippen LogP contribution in [0.3, 0.4) is 0 Å². The molecule has 0 fully saturated rings. The first-order chi connectivity index (χ1) is 14.8. The Kier molecular flexibility index (Phi) is 7.17. The van der Waals surface area contributed by atoms with Crippen LogP contribution in [0.1, 0.15) is 23.6 Å². The van der Waals surface area contributed by atoms with Crippen molar-refractivity contribution >= 4 is 17.5 Å². The molecule has 0 saturated heterocycles. The summed E-state index contributed by atoms with van der Waals surface area (Å²) in [7, 11) is 4.91. The fourth-order valence-corrected chi connectivity index (χ4v) is 3.84. The first kappa shape index (κ1) is 22.6. The Balaban J connectivity index is 1.60. The second-order valence-electron chi connectivity index (χ2n) is 7.98. The summed E-state index contributed by atoms with van der Waals surface area (Å²) in [6, 6.07) is 11.2. The first-order valence-corrected chi connectivity index (χ1v) is 10.4. The fourth-order valence-electron chi connectivity index (χ4n) is 3.84. The van der Waals surface area contributed by atoms with Crippen LogP contribution in [0.25, 0.3) is 0 Å². The van der Waals surface area contributed by atoms with Gasteiger partial charge in [-0.3, -0.25) is 14.5 Å². The van der Waals surface area contributed by atoms with Crippen molar-refractivity contribution in [1.29, 1.82) is 0 Å². The molecule has 1 heterocycles. The molecule has 0 bridgehead atoms. The summed E-state index contributed by atoms with van der Waals surface area (Å²) in [5.74, 6) is 1.11. The van der Waals surface area contributed by atoms with E-state index in [-0.39, 0.29) is 24.4 Å². The smallest absolute Gasteiger partial charge is 0.243 e. The van der Waals surface area contributed by atoms with Gasteiger partial charge in [0.2, 0.25) is 11.8 Å². The van der Waals surface area contributed by atoms with E-state index in [9.17, 15) is 9.59 Å². The third-order valence-corrected chi connectivity index (χ3v) is 5.75. The molecule has 0 unspecified atom stereocenters.